The lowest BCUT2D eigenvalue weighted by Crippen LogP contribution is -2.26. The van der Waals surface area contributed by atoms with Crippen LogP contribution in [-0.4, -0.2) is 30.2 Å². The number of carbonyl (C=O) groups excluding carboxylic acids is 1. The van der Waals surface area contributed by atoms with Crippen molar-refractivity contribution in [2.24, 2.45) is 5.73 Å². The number of pyridine rings is 1. The first-order valence-electron chi connectivity index (χ1n) is 6.08. The van der Waals surface area contributed by atoms with Crippen molar-refractivity contribution in [3.05, 3.63) is 23.5 Å². The normalized spacial score (nSPS) is 12.0. The van der Waals surface area contributed by atoms with Gasteiger partial charge in [0.25, 0.3) is 0 Å². The van der Waals surface area contributed by atoms with Gasteiger partial charge in [0.15, 0.2) is 6.10 Å². The first-order chi connectivity index (χ1) is 8.58. The lowest BCUT2D eigenvalue weighted by Gasteiger charge is -2.15. The van der Waals surface area contributed by atoms with Gasteiger partial charge < -0.3 is 15.2 Å². The molecule has 0 aliphatic rings. The van der Waals surface area contributed by atoms with Gasteiger partial charge in [0.05, 0.1) is 12.3 Å². The molecule has 0 saturated carbocycles. The summed E-state index contributed by atoms with van der Waals surface area (Å²) in [6.45, 7) is 6.15. The number of carbonyl (C=O) groups is 1. The van der Waals surface area contributed by atoms with Gasteiger partial charge >= 0.3 is 5.97 Å². The zero-order chi connectivity index (χ0) is 13.5. The van der Waals surface area contributed by atoms with Crippen LogP contribution in [0.2, 0.25) is 0 Å². The monoisotopic (exact) mass is 252 g/mol. The van der Waals surface area contributed by atoms with Gasteiger partial charge in [-0.15, -0.1) is 0 Å². The Bertz CT molecular complexity index is 407. The summed E-state index contributed by atoms with van der Waals surface area (Å²) in [4.78, 5) is 15.9. The van der Waals surface area contributed by atoms with E-state index in [0.29, 0.717) is 25.3 Å². The Morgan fingerprint density at radius 1 is 1.50 bits per heavy atom. The second kappa shape index (κ2) is 6.96. The number of aryl methyl sites for hydroxylation is 1. The van der Waals surface area contributed by atoms with E-state index in [1.54, 1.807) is 13.8 Å². The Hall–Kier alpha value is -1.62. The second-order valence-corrected chi connectivity index (χ2v) is 3.95. The quantitative estimate of drug-likeness (QED) is 0.770. The standard InChI is InChI=1S/C13H20N2O3/c1-4-17-13(16)10(3)18-12-6-5-9(2)15-11(12)7-8-14/h5-6,10H,4,7-8,14H2,1-3H3. The highest BCUT2D eigenvalue weighted by Gasteiger charge is 2.17. The van der Waals surface area contributed by atoms with Crippen LogP contribution in [0.3, 0.4) is 0 Å². The molecule has 0 aromatic carbocycles. The van der Waals surface area contributed by atoms with Gasteiger partial charge in [-0.05, 0) is 39.4 Å². The lowest BCUT2D eigenvalue weighted by molar-refractivity contribution is -0.150. The molecule has 2 N–H and O–H groups in total. The molecule has 5 nitrogen and oxygen atoms in total. The Morgan fingerprint density at radius 2 is 2.22 bits per heavy atom. The third kappa shape index (κ3) is 4.00. The summed E-state index contributed by atoms with van der Waals surface area (Å²) in [5.74, 6) is 0.211. The van der Waals surface area contributed by atoms with Crippen LogP contribution in [0.4, 0.5) is 0 Å². The number of aromatic nitrogens is 1. The smallest absolute Gasteiger partial charge is 0.347 e. The van der Waals surface area contributed by atoms with Gasteiger partial charge in [0.2, 0.25) is 0 Å². The van der Waals surface area contributed by atoms with Crippen LogP contribution in [0.25, 0.3) is 0 Å². The number of nitrogens with two attached hydrogens (primary N) is 1. The number of hydrogen-bond donors (Lipinski definition) is 1. The van der Waals surface area contributed by atoms with Crippen LogP contribution in [-0.2, 0) is 16.0 Å². The van der Waals surface area contributed by atoms with Crippen molar-refractivity contribution in [3.8, 4) is 5.75 Å². The minimum absolute atomic E-state index is 0.342. The molecule has 1 atom stereocenters. The Morgan fingerprint density at radius 3 is 2.83 bits per heavy atom. The highest BCUT2D eigenvalue weighted by atomic mass is 16.6. The zero-order valence-electron chi connectivity index (χ0n) is 11.1. The number of ether oxygens (including phenoxy) is 2. The molecule has 100 valence electrons. The molecule has 0 aliphatic heterocycles. The summed E-state index contributed by atoms with van der Waals surface area (Å²) in [5.41, 5.74) is 7.20. The van der Waals surface area contributed by atoms with E-state index in [0.717, 1.165) is 11.4 Å². The zero-order valence-corrected chi connectivity index (χ0v) is 11.1. The van der Waals surface area contributed by atoms with Crippen molar-refractivity contribution in [1.82, 2.24) is 4.98 Å². The van der Waals surface area contributed by atoms with E-state index in [1.807, 2.05) is 19.1 Å². The molecule has 0 spiro atoms. The molecule has 0 radical (unpaired) electrons. The van der Waals surface area contributed by atoms with Crippen LogP contribution in [0.5, 0.6) is 5.75 Å². The molecule has 0 amide bonds. The summed E-state index contributed by atoms with van der Waals surface area (Å²) in [5, 5.41) is 0. The van der Waals surface area contributed by atoms with Crippen molar-refractivity contribution >= 4 is 5.97 Å². The first-order valence-corrected chi connectivity index (χ1v) is 6.08. The van der Waals surface area contributed by atoms with Crippen molar-refractivity contribution in [1.29, 1.82) is 0 Å². The maximum absolute atomic E-state index is 11.5. The van der Waals surface area contributed by atoms with Crippen LogP contribution in [0.1, 0.15) is 25.2 Å². The van der Waals surface area contributed by atoms with Crippen LogP contribution in [0, 0.1) is 6.92 Å². The third-order valence-electron chi connectivity index (χ3n) is 2.38. The number of hydrogen-bond acceptors (Lipinski definition) is 5. The molecule has 1 heterocycles. The predicted molar refractivity (Wildman–Crippen MR) is 68.5 cm³/mol. The molecule has 0 bridgehead atoms. The maximum atomic E-state index is 11.5. The van der Waals surface area contributed by atoms with Gasteiger partial charge in [0, 0.05) is 12.1 Å². The Kier molecular flexibility index (Phi) is 5.58. The van der Waals surface area contributed by atoms with Crippen molar-refractivity contribution in [2.45, 2.75) is 33.3 Å². The molecular formula is C13H20N2O3. The minimum atomic E-state index is -0.647. The van der Waals surface area contributed by atoms with Gasteiger partial charge in [-0.2, -0.15) is 0 Å². The second-order valence-electron chi connectivity index (χ2n) is 3.95. The summed E-state index contributed by atoms with van der Waals surface area (Å²) in [6, 6.07) is 3.65. The number of esters is 1. The highest BCUT2D eigenvalue weighted by molar-refractivity contribution is 5.74. The summed E-state index contributed by atoms with van der Waals surface area (Å²) in [7, 11) is 0. The molecule has 1 aromatic heterocycles. The molecule has 1 rings (SSSR count). The number of rotatable bonds is 6. The van der Waals surface area contributed by atoms with E-state index >= 15 is 0 Å². The molecular weight excluding hydrogens is 232 g/mol. The molecule has 0 saturated heterocycles. The van der Waals surface area contributed by atoms with E-state index < -0.39 is 6.10 Å². The molecule has 0 fully saturated rings. The average molecular weight is 252 g/mol. The van der Waals surface area contributed by atoms with Crippen LogP contribution in [0.15, 0.2) is 12.1 Å². The topological polar surface area (TPSA) is 74.4 Å². The van der Waals surface area contributed by atoms with E-state index in [9.17, 15) is 4.79 Å². The van der Waals surface area contributed by atoms with Gasteiger partial charge in [-0.3, -0.25) is 4.98 Å². The molecule has 5 heteroatoms. The van der Waals surface area contributed by atoms with Gasteiger partial charge in [0.1, 0.15) is 5.75 Å². The van der Waals surface area contributed by atoms with Crippen LogP contribution >= 0.6 is 0 Å². The van der Waals surface area contributed by atoms with E-state index in [-0.39, 0.29) is 5.97 Å². The van der Waals surface area contributed by atoms with E-state index in [1.165, 1.54) is 0 Å². The number of nitrogens with zero attached hydrogens (tertiary/aromatic N) is 1. The SMILES string of the molecule is CCOC(=O)C(C)Oc1ccc(C)nc1CCN. The summed E-state index contributed by atoms with van der Waals surface area (Å²) >= 11 is 0. The fourth-order valence-corrected chi connectivity index (χ4v) is 1.52. The Labute approximate surface area is 107 Å². The Balaban J connectivity index is 2.79. The van der Waals surface area contributed by atoms with E-state index in [4.69, 9.17) is 15.2 Å². The molecule has 0 aliphatic carbocycles. The average Bonchev–Trinajstić information content (AvgIpc) is 2.33. The fraction of sp³-hybridized carbons (Fsp3) is 0.538. The summed E-state index contributed by atoms with van der Waals surface area (Å²) in [6.07, 6.45) is -0.0296. The van der Waals surface area contributed by atoms with Crippen molar-refractivity contribution < 1.29 is 14.3 Å². The van der Waals surface area contributed by atoms with E-state index in [2.05, 4.69) is 4.98 Å². The van der Waals surface area contributed by atoms with Crippen molar-refractivity contribution in [3.63, 3.8) is 0 Å². The largest absolute Gasteiger partial charge is 0.477 e. The third-order valence-corrected chi connectivity index (χ3v) is 2.38. The minimum Gasteiger partial charge on any atom is -0.477 e. The lowest BCUT2D eigenvalue weighted by atomic mass is 10.2. The van der Waals surface area contributed by atoms with Gasteiger partial charge in [-0.1, -0.05) is 0 Å². The highest BCUT2D eigenvalue weighted by Crippen LogP contribution is 2.19. The molecule has 1 unspecified atom stereocenters. The van der Waals surface area contributed by atoms with Gasteiger partial charge in [-0.25, -0.2) is 4.79 Å². The predicted octanol–water partition coefficient (Wildman–Crippen LogP) is 1.22. The summed E-state index contributed by atoms with van der Waals surface area (Å²) < 4.78 is 10.5. The van der Waals surface area contributed by atoms with Crippen LogP contribution < -0.4 is 10.5 Å². The molecule has 1 aromatic rings. The first kappa shape index (κ1) is 14.4. The maximum Gasteiger partial charge on any atom is 0.347 e. The van der Waals surface area contributed by atoms with Crippen molar-refractivity contribution in [2.75, 3.05) is 13.2 Å². The molecule has 18 heavy (non-hydrogen) atoms. The fourth-order valence-electron chi connectivity index (χ4n) is 1.52.